The summed E-state index contributed by atoms with van der Waals surface area (Å²) in [5, 5.41) is 4.92. The molecule has 0 heterocycles. The number of fused-ring (bicyclic) bond motifs is 2. The highest BCUT2D eigenvalue weighted by atomic mass is 15.1. The molecule has 0 fully saturated rings. The number of benzene rings is 7. The molecular weight excluding hydrogens is 569 g/mol. The molecule has 0 bridgehead atoms. The summed E-state index contributed by atoms with van der Waals surface area (Å²) >= 11 is 0. The third-order valence-corrected chi connectivity index (χ3v) is 8.50. The molecule has 0 saturated heterocycles. The summed E-state index contributed by atoms with van der Waals surface area (Å²) < 4.78 is 0. The van der Waals surface area contributed by atoms with E-state index in [-0.39, 0.29) is 0 Å². The Balaban J connectivity index is 1.21. The fourth-order valence-electron chi connectivity index (χ4n) is 6.22. The van der Waals surface area contributed by atoms with E-state index in [0.717, 1.165) is 29.3 Å². The van der Waals surface area contributed by atoms with Crippen molar-refractivity contribution in [2.75, 3.05) is 16.3 Å². The van der Waals surface area contributed by atoms with Gasteiger partial charge in [-0.1, -0.05) is 152 Å². The molecule has 0 saturated carbocycles. The second-order valence-electron chi connectivity index (χ2n) is 11.4. The summed E-state index contributed by atoms with van der Waals surface area (Å²) in [6.45, 7) is 4.52. The summed E-state index contributed by atoms with van der Waals surface area (Å²) in [5.41, 5.74) is 8.10. The number of nitrogens with zero attached hydrogens (tertiary/aromatic N) is 2. The van der Waals surface area contributed by atoms with E-state index in [1.165, 1.54) is 38.4 Å². The fourth-order valence-corrected chi connectivity index (χ4v) is 6.22. The van der Waals surface area contributed by atoms with Crippen LogP contribution in [-0.2, 0) is 0 Å². The Morgan fingerprint density at radius 2 is 0.936 bits per heavy atom. The van der Waals surface area contributed by atoms with Crippen molar-refractivity contribution < 1.29 is 0 Å². The Labute approximate surface area is 277 Å². The summed E-state index contributed by atoms with van der Waals surface area (Å²) in [7, 11) is 0. The van der Waals surface area contributed by atoms with Gasteiger partial charge in [0.05, 0.1) is 5.69 Å². The van der Waals surface area contributed by atoms with Crippen LogP contribution in [0.25, 0.3) is 32.7 Å². The van der Waals surface area contributed by atoms with Gasteiger partial charge in [0.25, 0.3) is 0 Å². The van der Waals surface area contributed by atoms with E-state index in [1.807, 2.05) is 12.2 Å². The second kappa shape index (κ2) is 13.9. The molecule has 47 heavy (non-hydrogen) atoms. The molecule has 0 atom stereocenters. The minimum atomic E-state index is 0.743. The molecular formula is C45H36N2. The van der Waals surface area contributed by atoms with E-state index in [0.29, 0.717) is 0 Å². The number of hydrogen-bond acceptors (Lipinski definition) is 2. The van der Waals surface area contributed by atoms with E-state index in [4.69, 9.17) is 0 Å². The first-order chi connectivity index (χ1) is 23.3. The SMILES string of the molecule is C=C/C=C\C=C/CN(c1ccc(-c2ccc(N(c3ccccc3)c3cccc4ccccc34)cc2)cc1)c1cccc2ccccc12. The maximum atomic E-state index is 3.77. The van der Waals surface area contributed by atoms with Crippen LogP contribution in [0.15, 0.2) is 201 Å². The largest absolute Gasteiger partial charge is 0.337 e. The highest BCUT2D eigenvalue weighted by Gasteiger charge is 2.16. The van der Waals surface area contributed by atoms with Gasteiger partial charge >= 0.3 is 0 Å². The molecule has 7 aromatic carbocycles. The van der Waals surface area contributed by atoms with Gasteiger partial charge in [0, 0.05) is 40.1 Å². The lowest BCUT2D eigenvalue weighted by molar-refractivity contribution is 1.10. The van der Waals surface area contributed by atoms with E-state index >= 15 is 0 Å². The van der Waals surface area contributed by atoms with Gasteiger partial charge in [0.15, 0.2) is 0 Å². The molecule has 2 nitrogen and oxygen atoms in total. The predicted octanol–water partition coefficient (Wildman–Crippen LogP) is 12.6. The number of hydrogen-bond donors (Lipinski definition) is 0. The average Bonchev–Trinajstić information content (AvgIpc) is 3.14. The van der Waals surface area contributed by atoms with Crippen molar-refractivity contribution in [2.45, 2.75) is 0 Å². The lowest BCUT2D eigenvalue weighted by atomic mass is 10.0. The van der Waals surface area contributed by atoms with Crippen LogP contribution in [0, 0.1) is 0 Å². The normalized spacial score (nSPS) is 11.4. The Morgan fingerprint density at radius 3 is 1.57 bits per heavy atom. The molecule has 0 unspecified atom stereocenters. The van der Waals surface area contributed by atoms with Gasteiger partial charge in [0.1, 0.15) is 0 Å². The van der Waals surface area contributed by atoms with Crippen LogP contribution < -0.4 is 9.80 Å². The highest BCUT2D eigenvalue weighted by Crippen LogP contribution is 2.40. The monoisotopic (exact) mass is 604 g/mol. The minimum absolute atomic E-state index is 0.743. The number of allylic oxidation sites excluding steroid dienone is 4. The van der Waals surface area contributed by atoms with E-state index in [2.05, 4.69) is 192 Å². The molecule has 0 aliphatic rings. The maximum Gasteiger partial charge on any atom is 0.0540 e. The highest BCUT2D eigenvalue weighted by molar-refractivity contribution is 5.99. The van der Waals surface area contributed by atoms with Gasteiger partial charge in [0.2, 0.25) is 0 Å². The van der Waals surface area contributed by atoms with E-state index in [1.54, 1.807) is 6.08 Å². The first kappa shape index (κ1) is 29.6. The van der Waals surface area contributed by atoms with Gasteiger partial charge in [-0.25, -0.2) is 0 Å². The molecule has 0 aliphatic carbocycles. The Morgan fingerprint density at radius 1 is 0.426 bits per heavy atom. The van der Waals surface area contributed by atoms with Crippen molar-refractivity contribution in [3.8, 4) is 11.1 Å². The van der Waals surface area contributed by atoms with Crippen LogP contribution in [0.2, 0.25) is 0 Å². The quantitative estimate of drug-likeness (QED) is 0.143. The Kier molecular flexibility index (Phi) is 8.74. The molecule has 2 heteroatoms. The number of para-hydroxylation sites is 1. The standard InChI is InChI=1S/C45H36N2/c1-2-3-4-5-13-34-46(44-24-14-18-37-16-9-11-22-42(37)44)39-30-26-35(27-31-39)36-28-32-41(33-29-36)47(40-20-7-6-8-21-40)45-25-15-19-38-17-10-12-23-43(38)45/h2-33H,1,34H2/b4-3-,13-5-. The van der Waals surface area contributed by atoms with Crippen LogP contribution in [0.5, 0.6) is 0 Å². The van der Waals surface area contributed by atoms with Crippen LogP contribution in [-0.4, -0.2) is 6.54 Å². The zero-order valence-corrected chi connectivity index (χ0v) is 26.3. The van der Waals surface area contributed by atoms with Crippen molar-refractivity contribution in [2.24, 2.45) is 0 Å². The van der Waals surface area contributed by atoms with Crippen LogP contribution in [0.1, 0.15) is 0 Å². The topological polar surface area (TPSA) is 6.48 Å². The summed E-state index contributed by atoms with van der Waals surface area (Å²) in [6.07, 6.45) is 10.0. The van der Waals surface area contributed by atoms with E-state index in [9.17, 15) is 0 Å². The van der Waals surface area contributed by atoms with Crippen LogP contribution in [0.4, 0.5) is 28.4 Å². The Bertz CT molecular complexity index is 2160. The lowest BCUT2D eigenvalue weighted by Gasteiger charge is -2.27. The van der Waals surface area contributed by atoms with Crippen molar-refractivity contribution in [1.29, 1.82) is 0 Å². The number of anilines is 5. The molecule has 0 N–H and O–H groups in total. The minimum Gasteiger partial charge on any atom is -0.337 e. The summed E-state index contributed by atoms with van der Waals surface area (Å²) in [6, 6.07) is 58.6. The summed E-state index contributed by atoms with van der Waals surface area (Å²) in [4.78, 5) is 4.71. The zero-order valence-electron chi connectivity index (χ0n) is 26.3. The lowest BCUT2D eigenvalue weighted by Crippen LogP contribution is -2.17. The first-order valence-corrected chi connectivity index (χ1v) is 16.0. The van der Waals surface area contributed by atoms with E-state index < -0.39 is 0 Å². The van der Waals surface area contributed by atoms with Crippen LogP contribution in [0.3, 0.4) is 0 Å². The third-order valence-electron chi connectivity index (χ3n) is 8.50. The molecule has 7 rings (SSSR count). The molecule has 7 aromatic rings. The smallest absolute Gasteiger partial charge is 0.0540 e. The fraction of sp³-hybridized carbons (Fsp3) is 0.0222. The second-order valence-corrected chi connectivity index (χ2v) is 11.4. The molecule has 0 aliphatic heterocycles. The molecule has 0 amide bonds. The maximum absolute atomic E-state index is 3.77. The first-order valence-electron chi connectivity index (χ1n) is 16.0. The molecule has 0 spiro atoms. The van der Waals surface area contributed by atoms with Gasteiger partial charge in [-0.15, -0.1) is 0 Å². The Hall–Kier alpha value is -6.12. The number of rotatable bonds is 10. The average molecular weight is 605 g/mol. The molecule has 226 valence electrons. The molecule has 0 radical (unpaired) electrons. The van der Waals surface area contributed by atoms with Crippen molar-refractivity contribution >= 4 is 50.0 Å². The molecule has 0 aromatic heterocycles. The predicted molar refractivity (Wildman–Crippen MR) is 203 cm³/mol. The zero-order chi connectivity index (χ0) is 31.8. The van der Waals surface area contributed by atoms with Gasteiger partial charge < -0.3 is 9.80 Å². The van der Waals surface area contributed by atoms with Crippen molar-refractivity contribution in [3.05, 3.63) is 201 Å². The van der Waals surface area contributed by atoms with Gasteiger partial charge in [-0.2, -0.15) is 0 Å². The van der Waals surface area contributed by atoms with Crippen LogP contribution >= 0.6 is 0 Å². The summed E-state index contributed by atoms with van der Waals surface area (Å²) in [5.74, 6) is 0. The van der Waals surface area contributed by atoms with Gasteiger partial charge in [-0.3, -0.25) is 0 Å². The van der Waals surface area contributed by atoms with Crippen molar-refractivity contribution in [1.82, 2.24) is 0 Å². The van der Waals surface area contributed by atoms with Gasteiger partial charge in [-0.05, 0) is 70.4 Å². The third kappa shape index (κ3) is 6.36. The van der Waals surface area contributed by atoms with Crippen molar-refractivity contribution in [3.63, 3.8) is 0 Å².